The highest BCUT2D eigenvalue weighted by molar-refractivity contribution is 5.84. The lowest BCUT2D eigenvalue weighted by molar-refractivity contribution is 0.359. The van der Waals surface area contributed by atoms with E-state index in [1.807, 2.05) is 30.7 Å². The third kappa shape index (κ3) is 2.25. The van der Waals surface area contributed by atoms with Gasteiger partial charge in [0.15, 0.2) is 5.43 Å². The standard InChI is InChI=1S/C18H19N3O/c22-18-8-9-21(15-4-2-1-3-5-15)17-10-13(6-7-16(17)18)14-11-19-20-12-14/h6-12,15H,1-5H2,(H,19,20). The van der Waals surface area contributed by atoms with E-state index >= 15 is 0 Å². The van der Waals surface area contributed by atoms with Gasteiger partial charge in [0, 0.05) is 35.5 Å². The Hall–Kier alpha value is -2.36. The number of pyridine rings is 1. The van der Waals surface area contributed by atoms with Crippen molar-refractivity contribution < 1.29 is 0 Å². The summed E-state index contributed by atoms with van der Waals surface area (Å²) >= 11 is 0. The summed E-state index contributed by atoms with van der Waals surface area (Å²) in [6.07, 6.45) is 12.0. The third-order valence-electron chi connectivity index (χ3n) is 4.73. The summed E-state index contributed by atoms with van der Waals surface area (Å²) in [5.41, 5.74) is 3.28. The number of benzene rings is 1. The Balaban J connectivity index is 1.90. The van der Waals surface area contributed by atoms with Crippen molar-refractivity contribution in [1.29, 1.82) is 0 Å². The fourth-order valence-corrected chi connectivity index (χ4v) is 3.54. The molecule has 0 saturated heterocycles. The van der Waals surface area contributed by atoms with Crippen LogP contribution in [0.15, 0.2) is 47.7 Å². The Bertz CT molecular complexity index is 842. The van der Waals surface area contributed by atoms with Gasteiger partial charge < -0.3 is 4.57 Å². The van der Waals surface area contributed by atoms with Crippen LogP contribution in [0.4, 0.5) is 0 Å². The van der Waals surface area contributed by atoms with Crippen molar-refractivity contribution in [1.82, 2.24) is 14.8 Å². The van der Waals surface area contributed by atoms with E-state index in [2.05, 4.69) is 20.8 Å². The molecule has 0 radical (unpaired) electrons. The molecular weight excluding hydrogens is 274 g/mol. The van der Waals surface area contributed by atoms with Gasteiger partial charge in [0.2, 0.25) is 0 Å². The minimum Gasteiger partial charge on any atom is -0.344 e. The third-order valence-corrected chi connectivity index (χ3v) is 4.73. The molecule has 1 aliphatic carbocycles. The van der Waals surface area contributed by atoms with Crippen molar-refractivity contribution in [3.05, 3.63) is 53.1 Å². The molecule has 22 heavy (non-hydrogen) atoms. The first kappa shape index (κ1) is 13.3. The minimum absolute atomic E-state index is 0.0980. The van der Waals surface area contributed by atoms with E-state index in [0.717, 1.165) is 22.0 Å². The molecule has 4 heteroatoms. The Kier molecular flexibility index (Phi) is 3.29. The molecule has 0 unspecified atom stereocenters. The normalized spacial score (nSPS) is 16.2. The van der Waals surface area contributed by atoms with Gasteiger partial charge in [-0.25, -0.2) is 0 Å². The molecular formula is C18H19N3O. The second-order valence-electron chi connectivity index (χ2n) is 6.10. The molecule has 3 aromatic rings. The average Bonchev–Trinajstić information content (AvgIpc) is 3.10. The molecule has 2 heterocycles. The fraction of sp³-hybridized carbons (Fsp3) is 0.333. The van der Waals surface area contributed by atoms with E-state index in [0.29, 0.717) is 6.04 Å². The molecule has 0 aliphatic heterocycles. The van der Waals surface area contributed by atoms with Crippen molar-refractivity contribution >= 4 is 10.9 Å². The minimum atomic E-state index is 0.0980. The van der Waals surface area contributed by atoms with E-state index in [4.69, 9.17) is 0 Å². The summed E-state index contributed by atoms with van der Waals surface area (Å²) in [5, 5.41) is 7.67. The number of aromatic nitrogens is 3. The molecule has 0 bridgehead atoms. The summed E-state index contributed by atoms with van der Waals surface area (Å²) in [4.78, 5) is 12.2. The highest BCUT2D eigenvalue weighted by Crippen LogP contribution is 2.31. The molecule has 2 aromatic heterocycles. The van der Waals surface area contributed by atoms with E-state index < -0.39 is 0 Å². The van der Waals surface area contributed by atoms with Gasteiger partial charge in [0.05, 0.1) is 11.7 Å². The van der Waals surface area contributed by atoms with Crippen LogP contribution in [0.25, 0.3) is 22.0 Å². The number of H-pyrrole nitrogens is 1. The second kappa shape index (κ2) is 5.44. The zero-order valence-corrected chi connectivity index (χ0v) is 12.5. The Morgan fingerprint density at radius 1 is 1.09 bits per heavy atom. The molecule has 0 atom stereocenters. The van der Waals surface area contributed by atoms with Crippen LogP contribution in [0.5, 0.6) is 0 Å². The van der Waals surface area contributed by atoms with Gasteiger partial charge >= 0.3 is 0 Å². The summed E-state index contributed by atoms with van der Waals surface area (Å²) in [7, 11) is 0. The lowest BCUT2D eigenvalue weighted by Crippen LogP contribution is -2.16. The molecule has 1 saturated carbocycles. The number of fused-ring (bicyclic) bond motifs is 1. The van der Waals surface area contributed by atoms with Crippen LogP contribution in [0.2, 0.25) is 0 Å². The molecule has 0 spiro atoms. The van der Waals surface area contributed by atoms with Crippen LogP contribution >= 0.6 is 0 Å². The van der Waals surface area contributed by atoms with Crippen LogP contribution in [0, 0.1) is 0 Å². The average molecular weight is 293 g/mol. The Labute approximate surface area is 128 Å². The second-order valence-corrected chi connectivity index (χ2v) is 6.10. The predicted molar refractivity (Wildman–Crippen MR) is 87.9 cm³/mol. The van der Waals surface area contributed by atoms with Gasteiger partial charge in [0.1, 0.15) is 0 Å². The molecule has 1 aromatic carbocycles. The lowest BCUT2D eigenvalue weighted by atomic mass is 9.94. The maximum atomic E-state index is 12.2. The van der Waals surface area contributed by atoms with Crippen LogP contribution in [0.1, 0.15) is 38.1 Å². The first-order valence-electron chi connectivity index (χ1n) is 7.97. The Morgan fingerprint density at radius 2 is 1.95 bits per heavy atom. The highest BCUT2D eigenvalue weighted by Gasteiger charge is 2.17. The number of rotatable bonds is 2. The van der Waals surface area contributed by atoms with Crippen molar-refractivity contribution in [2.45, 2.75) is 38.1 Å². The highest BCUT2D eigenvalue weighted by atomic mass is 16.1. The van der Waals surface area contributed by atoms with Crippen molar-refractivity contribution in [2.75, 3.05) is 0 Å². The smallest absolute Gasteiger partial charge is 0.189 e. The first-order valence-corrected chi connectivity index (χ1v) is 7.97. The van der Waals surface area contributed by atoms with Gasteiger partial charge in [-0.3, -0.25) is 9.89 Å². The number of hydrogen-bond donors (Lipinski definition) is 1. The zero-order chi connectivity index (χ0) is 14.9. The van der Waals surface area contributed by atoms with E-state index in [1.54, 1.807) is 6.07 Å². The summed E-state index contributed by atoms with van der Waals surface area (Å²) in [6, 6.07) is 8.28. The summed E-state index contributed by atoms with van der Waals surface area (Å²) in [6.45, 7) is 0. The maximum Gasteiger partial charge on any atom is 0.189 e. The number of hydrogen-bond acceptors (Lipinski definition) is 2. The molecule has 1 N–H and O–H groups in total. The molecule has 112 valence electrons. The van der Waals surface area contributed by atoms with Crippen LogP contribution in [-0.4, -0.2) is 14.8 Å². The monoisotopic (exact) mass is 293 g/mol. The predicted octanol–water partition coefficient (Wildman–Crippen LogP) is 3.90. The van der Waals surface area contributed by atoms with Crippen LogP contribution in [-0.2, 0) is 0 Å². The van der Waals surface area contributed by atoms with Crippen LogP contribution in [0.3, 0.4) is 0 Å². The largest absolute Gasteiger partial charge is 0.344 e. The van der Waals surface area contributed by atoms with E-state index in [1.165, 1.54) is 32.1 Å². The van der Waals surface area contributed by atoms with Crippen molar-refractivity contribution in [3.63, 3.8) is 0 Å². The zero-order valence-electron chi connectivity index (χ0n) is 12.5. The Morgan fingerprint density at radius 3 is 2.73 bits per heavy atom. The molecule has 1 aliphatic rings. The fourth-order valence-electron chi connectivity index (χ4n) is 3.54. The van der Waals surface area contributed by atoms with Gasteiger partial charge in [0.25, 0.3) is 0 Å². The number of nitrogens with one attached hydrogen (secondary N) is 1. The van der Waals surface area contributed by atoms with Crippen molar-refractivity contribution in [2.24, 2.45) is 0 Å². The van der Waals surface area contributed by atoms with Gasteiger partial charge in [-0.05, 0) is 30.5 Å². The van der Waals surface area contributed by atoms with Gasteiger partial charge in [-0.15, -0.1) is 0 Å². The van der Waals surface area contributed by atoms with Crippen molar-refractivity contribution in [3.8, 4) is 11.1 Å². The maximum absolute atomic E-state index is 12.2. The molecule has 1 fully saturated rings. The van der Waals surface area contributed by atoms with E-state index in [9.17, 15) is 4.79 Å². The number of nitrogens with zero attached hydrogens (tertiary/aromatic N) is 2. The topological polar surface area (TPSA) is 50.7 Å². The summed E-state index contributed by atoms with van der Waals surface area (Å²) in [5.74, 6) is 0. The molecule has 4 rings (SSSR count). The lowest BCUT2D eigenvalue weighted by Gasteiger charge is -2.26. The molecule has 0 amide bonds. The van der Waals surface area contributed by atoms with Gasteiger partial charge in [-0.1, -0.05) is 25.3 Å². The number of aromatic amines is 1. The quantitative estimate of drug-likeness (QED) is 0.779. The van der Waals surface area contributed by atoms with Crippen LogP contribution < -0.4 is 5.43 Å². The molecule has 4 nitrogen and oxygen atoms in total. The SMILES string of the molecule is O=c1ccn(C2CCCCC2)c2cc(-c3cn[nH]c3)ccc12. The summed E-state index contributed by atoms with van der Waals surface area (Å²) < 4.78 is 2.31. The van der Waals surface area contributed by atoms with E-state index in [-0.39, 0.29) is 5.43 Å². The first-order chi connectivity index (χ1) is 10.8. The van der Waals surface area contributed by atoms with Gasteiger partial charge in [-0.2, -0.15) is 5.10 Å².